The van der Waals surface area contributed by atoms with Crippen LogP contribution in [-0.4, -0.2) is 33.1 Å². The summed E-state index contributed by atoms with van der Waals surface area (Å²) in [5.74, 6) is 0.442. The number of aromatic nitrogens is 2. The van der Waals surface area contributed by atoms with Crippen LogP contribution in [0.15, 0.2) is 71.9 Å². The molecule has 144 valence electrons. The van der Waals surface area contributed by atoms with E-state index in [1.807, 2.05) is 61.2 Å². The van der Waals surface area contributed by atoms with Gasteiger partial charge >= 0.3 is 0 Å². The first kappa shape index (κ1) is 20.1. The summed E-state index contributed by atoms with van der Waals surface area (Å²) in [6.45, 7) is 5.19. The molecule has 0 aliphatic heterocycles. The quantitative estimate of drug-likeness (QED) is 0.420. The summed E-state index contributed by atoms with van der Waals surface area (Å²) in [7, 11) is 0. The highest BCUT2D eigenvalue weighted by molar-refractivity contribution is 7.99. The molecule has 4 nitrogen and oxygen atoms in total. The number of hydrogen-bond acceptors (Lipinski definition) is 4. The molecule has 28 heavy (non-hydrogen) atoms. The highest BCUT2D eigenvalue weighted by Gasteiger charge is 2.15. The highest BCUT2D eigenvalue weighted by atomic mass is 32.2. The molecule has 1 heterocycles. The molecule has 2 aromatic carbocycles. The first-order valence-electron chi connectivity index (χ1n) is 9.41. The summed E-state index contributed by atoms with van der Waals surface area (Å²) >= 11 is 1.40. The molecule has 1 amide bonds. The Kier molecular flexibility index (Phi) is 7.20. The van der Waals surface area contributed by atoms with E-state index in [0.717, 1.165) is 23.4 Å². The highest BCUT2D eigenvalue weighted by Crippen LogP contribution is 2.16. The van der Waals surface area contributed by atoms with Gasteiger partial charge in [-0.3, -0.25) is 4.79 Å². The maximum Gasteiger partial charge on any atom is 0.233 e. The van der Waals surface area contributed by atoms with E-state index in [9.17, 15) is 4.79 Å². The van der Waals surface area contributed by atoms with Gasteiger partial charge in [-0.25, -0.2) is 9.97 Å². The van der Waals surface area contributed by atoms with Gasteiger partial charge < -0.3 is 4.90 Å². The maximum absolute atomic E-state index is 13.0. The molecule has 0 saturated carbocycles. The molecule has 0 N–H and O–H groups in total. The first-order chi connectivity index (χ1) is 13.6. The number of carbonyl (C=O) groups is 1. The van der Waals surface area contributed by atoms with Crippen LogP contribution in [0.4, 0.5) is 0 Å². The van der Waals surface area contributed by atoms with Gasteiger partial charge in [-0.05, 0) is 37.5 Å². The van der Waals surface area contributed by atoms with Gasteiger partial charge in [0.2, 0.25) is 5.91 Å². The summed E-state index contributed by atoms with van der Waals surface area (Å²) < 4.78 is 0. The Balaban J connectivity index is 1.66. The Labute approximate surface area is 171 Å². The van der Waals surface area contributed by atoms with Gasteiger partial charge in [-0.1, -0.05) is 72.4 Å². The molecular formula is C23H25N3OS. The van der Waals surface area contributed by atoms with Crippen LogP contribution in [0.2, 0.25) is 0 Å². The van der Waals surface area contributed by atoms with Crippen LogP contribution in [-0.2, 0) is 17.8 Å². The lowest BCUT2D eigenvalue weighted by atomic mass is 10.1. The molecule has 0 bridgehead atoms. The number of carbonyl (C=O) groups excluding carboxylic acids is 1. The fraction of sp³-hybridized carbons (Fsp3) is 0.261. The van der Waals surface area contributed by atoms with Crippen LogP contribution < -0.4 is 0 Å². The first-order valence-corrected chi connectivity index (χ1v) is 10.4. The number of aryl methyl sites for hydroxylation is 2. The van der Waals surface area contributed by atoms with E-state index in [0.29, 0.717) is 24.0 Å². The van der Waals surface area contributed by atoms with Crippen LogP contribution in [0.25, 0.3) is 0 Å². The molecule has 5 heteroatoms. The Hall–Kier alpha value is -2.66. The largest absolute Gasteiger partial charge is 0.337 e. The summed E-state index contributed by atoms with van der Waals surface area (Å²) in [6, 6.07) is 22.3. The van der Waals surface area contributed by atoms with Gasteiger partial charge in [0.1, 0.15) is 0 Å². The lowest BCUT2D eigenvalue weighted by Crippen LogP contribution is -2.33. The standard InChI is InChI=1S/C23H25N3OS/c1-18-15-19(2)25-23(24-18)28-17-22(27)26(16-21-11-7-4-8-12-21)14-13-20-9-5-3-6-10-20/h3-12,15H,13-14,16-17H2,1-2H3. The lowest BCUT2D eigenvalue weighted by Gasteiger charge is -2.23. The van der Waals surface area contributed by atoms with Crippen molar-refractivity contribution in [2.75, 3.05) is 12.3 Å². The predicted molar refractivity (Wildman–Crippen MR) is 114 cm³/mol. The van der Waals surface area contributed by atoms with Crippen LogP contribution >= 0.6 is 11.8 Å². The minimum absolute atomic E-state index is 0.104. The fourth-order valence-corrected chi connectivity index (χ4v) is 3.83. The molecule has 0 saturated heterocycles. The third-order valence-corrected chi connectivity index (χ3v) is 5.20. The van der Waals surface area contributed by atoms with Crippen molar-refractivity contribution >= 4 is 17.7 Å². The third-order valence-electron chi connectivity index (χ3n) is 4.37. The Morgan fingerprint density at radius 1 is 0.893 bits per heavy atom. The van der Waals surface area contributed by atoms with Crippen molar-refractivity contribution < 1.29 is 4.79 Å². The number of nitrogens with zero attached hydrogens (tertiary/aromatic N) is 3. The molecule has 0 fully saturated rings. The van der Waals surface area contributed by atoms with E-state index < -0.39 is 0 Å². The molecule has 0 aliphatic carbocycles. The van der Waals surface area contributed by atoms with Crippen LogP contribution in [0.1, 0.15) is 22.5 Å². The van der Waals surface area contributed by atoms with Crippen molar-refractivity contribution in [3.05, 3.63) is 89.2 Å². The zero-order chi connectivity index (χ0) is 19.8. The average molecular weight is 392 g/mol. The lowest BCUT2D eigenvalue weighted by molar-refractivity contribution is -0.128. The molecule has 0 radical (unpaired) electrons. The molecule has 1 aromatic heterocycles. The second-order valence-electron chi connectivity index (χ2n) is 6.76. The predicted octanol–water partition coefficient (Wildman–Crippen LogP) is 4.46. The van der Waals surface area contributed by atoms with Crippen molar-refractivity contribution in [1.82, 2.24) is 14.9 Å². The number of rotatable bonds is 8. The molecule has 0 unspecified atom stereocenters. The van der Waals surface area contributed by atoms with E-state index in [2.05, 4.69) is 34.2 Å². The van der Waals surface area contributed by atoms with Gasteiger partial charge in [-0.15, -0.1) is 0 Å². The van der Waals surface area contributed by atoms with Crippen LogP contribution in [0.5, 0.6) is 0 Å². The number of thioether (sulfide) groups is 1. The van der Waals surface area contributed by atoms with E-state index >= 15 is 0 Å². The van der Waals surface area contributed by atoms with Gasteiger partial charge in [0, 0.05) is 24.5 Å². The minimum Gasteiger partial charge on any atom is -0.337 e. The van der Waals surface area contributed by atoms with Gasteiger partial charge in [0.05, 0.1) is 5.75 Å². The molecule has 3 rings (SSSR count). The monoisotopic (exact) mass is 391 g/mol. The zero-order valence-electron chi connectivity index (χ0n) is 16.3. The fourth-order valence-electron chi connectivity index (χ4n) is 2.98. The molecule has 3 aromatic rings. The number of hydrogen-bond donors (Lipinski definition) is 0. The molecule has 0 aliphatic rings. The van der Waals surface area contributed by atoms with E-state index in [1.165, 1.54) is 17.3 Å². The molecule has 0 atom stereocenters. The van der Waals surface area contributed by atoms with Crippen molar-refractivity contribution in [1.29, 1.82) is 0 Å². The maximum atomic E-state index is 13.0. The van der Waals surface area contributed by atoms with Crippen molar-refractivity contribution in [2.45, 2.75) is 32.0 Å². The SMILES string of the molecule is Cc1cc(C)nc(SCC(=O)N(CCc2ccccc2)Cc2ccccc2)n1. The second kappa shape index (κ2) is 10.0. The normalized spacial score (nSPS) is 10.6. The third kappa shape index (κ3) is 6.20. The summed E-state index contributed by atoms with van der Waals surface area (Å²) in [5, 5.41) is 0.661. The summed E-state index contributed by atoms with van der Waals surface area (Å²) in [6.07, 6.45) is 0.837. The Morgan fingerprint density at radius 2 is 1.46 bits per heavy atom. The topological polar surface area (TPSA) is 46.1 Å². The van der Waals surface area contributed by atoms with E-state index in [-0.39, 0.29) is 5.91 Å². The second-order valence-corrected chi connectivity index (χ2v) is 7.70. The van der Waals surface area contributed by atoms with Gasteiger partial charge in [-0.2, -0.15) is 0 Å². The van der Waals surface area contributed by atoms with E-state index in [1.54, 1.807) is 0 Å². The van der Waals surface area contributed by atoms with Crippen molar-refractivity contribution in [3.63, 3.8) is 0 Å². The summed E-state index contributed by atoms with van der Waals surface area (Å²) in [4.78, 5) is 23.7. The smallest absolute Gasteiger partial charge is 0.233 e. The van der Waals surface area contributed by atoms with Gasteiger partial charge in [0.25, 0.3) is 0 Å². The summed E-state index contributed by atoms with van der Waals surface area (Å²) in [5.41, 5.74) is 4.22. The average Bonchev–Trinajstić information content (AvgIpc) is 2.70. The Bertz CT molecular complexity index is 880. The van der Waals surface area contributed by atoms with Crippen LogP contribution in [0, 0.1) is 13.8 Å². The Morgan fingerprint density at radius 3 is 2.07 bits per heavy atom. The van der Waals surface area contributed by atoms with Crippen molar-refractivity contribution in [2.24, 2.45) is 0 Å². The number of amides is 1. The molecular weight excluding hydrogens is 366 g/mol. The van der Waals surface area contributed by atoms with E-state index in [4.69, 9.17) is 0 Å². The molecule has 0 spiro atoms. The van der Waals surface area contributed by atoms with Crippen LogP contribution in [0.3, 0.4) is 0 Å². The zero-order valence-corrected chi connectivity index (χ0v) is 17.2. The van der Waals surface area contributed by atoms with Gasteiger partial charge in [0.15, 0.2) is 5.16 Å². The van der Waals surface area contributed by atoms with Crippen molar-refractivity contribution in [3.8, 4) is 0 Å². The number of benzene rings is 2. The minimum atomic E-state index is 0.104.